The van der Waals surface area contributed by atoms with Gasteiger partial charge in [0.25, 0.3) is 29.6 Å². The van der Waals surface area contributed by atoms with Gasteiger partial charge in [-0.25, -0.2) is 17.6 Å². The van der Waals surface area contributed by atoms with Gasteiger partial charge in [0, 0.05) is 116 Å². The summed E-state index contributed by atoms with van der Waals surface area (Å²) >= 11 is 6.92. The number of thiophene rings is 4. The van der Waals surface area contributed by atoms with Crippen LogP contribution in [0, 0.1) is 11.6 Å². The minimum Gasteiger partial charge on any atom is -0.342 e. The third-order valence-electron chi connectivity index (χ3n) is 15.9. The molecule has 8 aromatic rings. The molecule has 0 spiro atoms. The van der Waals surface area contributed by atoms with Gasteiger partial charge in [-0.3, -0.25) is 19.2 Å². The summed E-state index contributed by atoms with van der Waals surface area (Å²) in [5, 5.41) is 0. The van der Waals surface area contributed by atoms with Crippen molar-refractivity contribution in [2.45, 2.75) is 164 Å². The van der Waals surface area contributed by atoms with Crippen LogP contribution in [0.15, 0.2) is 133 Å². The van der Waals surface area contributed by atoms with Gasteiger partial charge >= 0.3 is 0 Å². The van der Waals surface area contributed by atoms with Crippen LogP contribution in [0.2, 0.25) is 0 Å². The molecular formula is C77H96F4N4O4S4. The zero-order valence-electron chi connectivity index (χ0n) is 57.8. The number of hydrogen-bond donors (Lipinski definition) is 0. The lowest BCUT2D eigenvalue weighted by Gasteiger charge is -2.31. The van der Waals surface area contributed by atoms with Crippen molar-refractivity contribution < 1.29 is 36.7 Å². The SMILES string of the molecule is CC(C)(C)c1ccc(-c2ccc(C(=O)N3CCC(F)(F)CC3)cc2)s1.CCCN(CCC)C(=O)c1ccc(-c2ccc(C(C)(C)C)s2)cc1F.CCN(C)C(=O)c1ccc(-c2ccc(C(C)(C)C)s2)cc1.CCN(C)C(=O)c1ccc(-c2ccc(C(C)(C)C)s2)cc1F. The van der Waals surface area contributed by atoms with Crippen LogP contribution in [0.4, 0.5) is 17.6 Å². The minimum absolute atomic E-state index is 0.0746. The molecular weight excluding hydrogens is 1250 g/mol. The molecule has 5 heterocycles. The second-order valence-electron chi connectivity index (χ2n) is 27.8. The molecule has 0 N–H and O–H groups in total. The predicted molar refractivity (Wildman–Crippen MR) is 386 cm³/mol. The number of rotatable bonds is 14. The smallest absolute Gasteiger partial charge is 0.256 e. The number of halogens is 4. The first-order valence-electron chi connectivity index (χ1n) is 32.2. The van der Waals surface area contributed by atoms with Gasteiger partial charge < -0.3 is 19.6 Å². The van der Waals surface area contributed by atoms with Gasteiger partial charge in [0.05, 0.1) is 11.1 Å². The summed E-state index contributed by atoms with van der Waals surface area (Å²) in [6.45, 7) is 37.0. The van der Waals surface area contributed by atoms with Crippen LogP contribution in [0.3, 0.4) is 0 Å². The second kappa shape index (κ2) is 32.1. The Labute approximate surface area is 567 Å². The van der Waals surface area contributed by atoms with Crippen molar-refractivity contribution in [3.8, 4) is 41.8 Å². The van der Waals surface area contributed by atoms with Gasteiger partial charge in [-0.1, -0.05) is 133 Å². The number of hydrogen-bond acceptors (Lipinski definition) is 8. The van der Waals surface area contributed by atoms with E-state index in [2.05, 4.69) is 119 Å². The molecule has 1 fully saturated rings. The highest BCUT2D eigenvalue weighted by molar-refractivity contribution is 7.16. The summed E-state index contributed by atoms with van der Waals surface area (Å²) in [5.74, 6) is -4.12. The molecule has 1 aliphatic rings. The molecule has 0 atom stereocenters. The molecule has 8 nitrogen and oxygen atoms in total. The Bertz CT molecular complexity index is 3760. The Morgan fingerprint density at radius 2 is 0.742 bits per heavy atom. The molecule has 500 valence electrons. The van der Waals surface area contributed by atoms with Gasteiger partial charge in [-0.05, 0) is 168 Å². The van der Waals surface area contributed by atoms with Gasteiger partial charge in [-0.2, -0.15) is 0 Å². The van der Waals surface area contributed by atoms with E-state index in [0.29, 0.717) is 25.2 Å². The van der Waals surface area contributed by atoms with Crippen LogP contribution in [-0.4, -0.2) is 103 Å². The van der Waals surface area contributed by atoms with Gasteiger partial charge in [0.2, 0.25) is 0 Å². The third-order valence-corrected chi connectivity index (χ3v) is 22.1. The van der Waals surface area contributed by atoms with Crippen molar-refractivity contribution in [2.24, 2.45) is 0 Å². The molecule has 0 bridgehead atoms. The van der Waals surface area contributed by atoms with E-state index in [-0.39, 0.29) is 82.3 Å². The quantitative estimate of drug-likeness (QED) is 0.102. The molecule has 0 aliphatic carbocycles. The Morgan fingerprint density at radius 3 is 1.05 bits per heavy atom. The lowest BCUT2D eigenvalue weighted by Crippen LogP contribution is -2.42. The van der Waals surface area contributed by atoms with Gasteiger partial charge in [0.15, 0.2) is 0 Å². The molecule has 93 heavy (non-hydrogen) atoms. The first-order valence-corrected chi connectivity index (χ1v) is 35.5. The first kappa shape index (κ1) is 75.3. The highest BCUT2D eigenvalue weighted by Gasteiger charge is 2.36. The second-order valence-corrected chi connectivity index (χ2v) is 32.1. The maximum Gasteiger partial charge on any atom is 0.256 e. The number of alkyl halides is 2. The van der Waals surface area contributed by atoms with E-state index < -0.39 is 17.6 Å². The van der Waals surface area contributed by atoms with E-state index in [4.69, 9.17) is 0 Å². The van der Waals surface area contributed by atoms with Crippen LogP contribution in [-0.2, 0) is 21.7 Å². The van der Waals surface area contributed by atoms with E-state index in [0.717, 1.165) is 51.4 Å². The number of nitrogens with zero attached hydrogens (tertiary/aromatic N) is 4. The van der Waals surface area contributed by atoms with E-state index in [1.54, 1.807) is 75.1 Å². The van der Waals surface area contributed by atoms with E-state index >= 15 is 0 Å². The lowest BCUT2D eigenvalue weighted by atomic mass is 9.95. The van der Waals surface area contributed by atoms with Crippen LogP contribution in [0.1, 0.15) is 197 Å². The van der Waals surface area contributed by atoms with Crippen molar-refractivity contribution in [2.75, 3.05) is 53.4 Å². The highest BCUT2D eigenvalue weighted by Crippen LogP contribution is 2.40. The van der Waals surface area contributed by atoms with E-state index in [1.165, 1.54) is 56.8 Å². The van der Waals surface area contributed by atoms with Crippen LogP contribution in [0.5, 0.6) is 0 Å². The van der Waals surface area contributed by atoms with Gasteiger partial charge in [-0.15, -0.1) is 45.3 Å². The van der Waals surface area contributed by atoms with Crippen molar-refractivity contribution in [3.05, 3.63) is 187 Å². The molecule has 1 aliphatic heterocycles. The Balaban J connectivity index is 0.000000197. The summed E-state index contributed by atoms with van der Waals surface area (Å²) in [5.41, 5.74) is 5.95. The zero-order chi connectivity index (χ0) is 69.0. The van der Waals surface area contributed by atoms with E-state index in [9.17, 15) is 36.7 Å². The van der Waals surface area contributed by atoms with Crippen molar-refractivity contribution >= 4 is 69.0 Å². The number of benzene rings is 4. The topological polar surface area (TPSA) is 81.2 Å². The average molecular weight is 1350 g/mol. The summed E-state index contributed by atoms with van der Waals surface area (Å²) in [6.07, 6.45) is 1.25. The zero-order valence-corrected chi connectivity index (χ0v) is 61.1. The van der Waals surface area contributed by atoms with Crippen LogP contribution in [0.25, 0.3) is 41.8 Å². The largest absolute Gasteiger partial charge is 0.342 e. The normalized spacial score (nSPS) is 13.2. The molecule has 16 heteroatoms. The van der Waals surface area contributed by atoms with E-state index in [1.807, 2.05) is 107 Å². The number of carbonyl (C=O) groups excluding carboxylic acids is 4. The lowest BCUT2D eigenvalue weighted by molar-refractivity contribution is -0.0494. The molecule has 0 saturated carbocycles. The maximum atomic E-state index is 14.6. The van der Waals surface area contributed by atoms with Crippen LogP contribution < -0.4 is 0 Å². The van der Waals surface area contributed by atoms with Gasteiger partial charge in [0.1, 0.15) is 11.6 Å². The Kier molecular flexibility index (Phi) is 26.0. The fraction of sp³-hybridized carbons (Fsp3) is 0.429. The molecule has 0 unspecified atom stereocenters. The standard InChI is InChI=1S/C21H28FNOS.C20H23F2NOS.C18H22FNOS.C18H23NOS/c1-6-12-23(13-7-2)20(24)16-9-8-15(14-17(16)22)18-10-11-19(25-18)21(3,4)5;1-19(2,3)17-9-8-16(25-17)14-4-6-15(7-5-14)18(24)23-12-10-20(21,22)11-13-23;1-6-20(5)17(21)13-8-7-12(11-14(13)19)15-9-10-16(22-15)18(2,3)4;1-6-19(5)17(20)14-9-7-13(8-10-14)15-11-12-16(21-15)18(2,3)4/h8-11,14H,6-7,12-13H2,1-5H3;4-9H,10-13H2,1-3H3;7-11H,6H2,1-5H3;7-12H,6H2,1-5H3. The monoisotopic (exact) mass is 1340 g/mol. The van der Waals surface area contributed by atoms with Crippen molar-refractivity contribution in [3.63, 3.8) is 0 Å². The van der Waals surface area contributed by atoms with Crippen molar-refractivity contribution in [1.29, 1.82) is 0 Å². The minimum atomic E-state index is -2.63. The fourth-order valence-corrected chi connectivity index (χ4v) is 14.0. The molecule has 4 aromatic carbocycles. The first-order chi connectivity index (χ1) is 43.5. The number of piperidine rings is 1. The average Bonchev–Trinajstić information content (AvgIpc) is 1.83. The fourth-order valence-electron chi connectivity index (χ4n) is 9.78. The molecule has 1 saturated heterocycles. The number of amides is 4. The van der Waals surface area contributed by atoms with Crippen LogP contribution >= 0.6 is 45.3 Å². The summed E-state index contributed by atoms with van der Waals surface area (Å²) in [4.78, 5) is 65.4. The molecule has 9 rings (SSSR count). The Hall–Kier alpha value is -6.72. The Morgan fingerprint density at radius 1 is 0.430 bits per heavy atom. The summed E-state index contributed by atoms with van der Waals surface area (Å²) in [7, 11) is 3.50. The number of carbonyl (C=O) groups is 4. The maximum absolute atomic E-state index is 14.6. The summed E-state index contributed by atoms with van der Waals surface area (Å²) < 4.78 is 55.4. The van der Waals surface area contributed by atoms with Crippen molar-refractivity contribution in [1.82, 2.24) is 19.6 Å². The predicted octanol–water partition coefficient (Wildman–Crippen LogP) is 21.4. The molecule has 4 aromatic heterocycles. The third kappa shape index (κ3) is 20.6. The summed E-state index contributed by atoms with van der Waals surface area (Å²) in [6, 6.07) is 42.0. The molecule has 0 radical (unpaired) electrons. The molecule has 4 amide bonds. The number of likely N-dealkylation sites (tertiary alicyclic amines) is 1. The highest BCUT2D eigenvalue weighted by atomic mass is 32.1.